The molecule has 0 saturated carbocycles. The molecule has 2 saturated heterocycles. The molecule has 0 aliphatic carbocycles. The number of benzene rings is 1. The van der Waals surface area contributed by atoms with Gasteiger partial charge in [0.05, 0.1) is 11.1 Å². The Bertz CT molecular complexity index is 810. The van der Waals surface area contributed by atoms with Crippen LogP contribution >= 0.6 is 0 Å². The van der Waals surface area contributed by atoms with E-state index in [1.54, 1.807) is 0 Å². The van der Waals surface area contributed by atoms with Gasteiger partial charge in [-0.25, -0.2) is 4.79 Å². The third-order valence-electron chi connectivity index (χ3n) is 7.29. The van der Waals surface area contributed by atoms with Crippen molar-refractivity contribution in [2.24, 2.45) is 0 Å². The zero-order valence-corrected chi connectivity index (χ0v) is 22.0. The fourth-order valence-electron chi connectivity index (χ4n) is 5.73. The Balaban J connectivity index is 1.81. The number of carbonyl (C=O) groups excluding carboxylic acids is 1. The summed E-state index contributed by atoms with van der Waals surface area (Å²) in [6.07, 6.45) is 9.45. The van der Waals surface area contributed by atoms with Crippen LogP contribution in [0.15, 0.2) is 42.5 Å². The van der Waals surface area contributed by atoms with Gasteiger partial charge in [0, 0.05) is 17.2 Å². The summed E-state index contributed by atoms with van der Waals surface area (Å²) in [5.74, 6) is -0.361. The van der Waals surface area contributed by atoms with Crippen molar-refractivity contribution in [3.8, 4) is 0 Å². The number of hydrogen-bond acceptors (Lipinski definition) is 5. The molecule has 2 fully saturated rings. The predicted octanol–water partition coefficient (Wildman–Crippen LogP) is 6.76. The zero-order valence-electron chi connectivity index (χ0n) is 22.0. The summed E-state index contributed by atoms with van der Waals surface area (Å²) in [5, 5.41) is 4.04. The zero-order chi connectivity index (χ0) is 24.5. The van der Waals surface area contributed by atoms with Crippen molar-refractivity contribution >= 4 is 5.97 Å². The van der Waals surface area contributed by atoms with Crippen LogP contribution in [0, 0.1) is 0 Å². The third-order valence-corrected chi connectivity index (χ3v) is 7.29. The fourth-order valence-corrected chi connectivity index (χ4v) is 5.73. The molecule has 0 amide bonds. The maximum atomic E-state index is 12.9. The van der Waals surface area contributed by atoms with Gasteiger partial charge in [0.1, 0.15) is 6.10 Å². The Morgan fingerprint density at radius 3 is 1.73 bits per heavy atom. The smallest absolute Gasteiger partial charge is 0.349 e. The molecule has 0 N–H and O–H groups in total. The Morgan fingerprint density at radius 2 is 1.24 bits per heavy atom. The maximum Gasteiger partial charge on any atom is 0.349 e. The monoisotopic (exact) mass is 456 g/mol. The van der Waals surface area contributed by atoms with E-state index in [1.165, 1.54) is 12.5 Å². The second-order valence-electron chi connectivity index (χ2n) is 12.3. The standard InChI is InChI=1S/C28H44N2O3/c1-25(2)18-12-19-26(3,4)29(25)32-23(22-14-10-9-11-15-22)16-17-24(31)33-30-27(5,6)20-13-21-28(30,7)8/h9-11,14-17,23H,12-13,18-21H2,1-8H3/b17-16-. The van der Waals surface area contributed by atoms with Crippen molar-refractivity contribution in [3.05, 3.63) is 48.0 Å². The van der Waals surface area contributed by atoms with Crippen molar-refractivity contribution < 1.29 is 14.5 Å². The van der Waals surface area contributed by atoms with Gasteiger partial charge < -0.3 is 4.84 Å². The highest BCUT2D eigenvalue weighted by atomic mass is 16.7. The number of carbonyl (C=O) groups is 1. The van der Waals surface area contributed by atoms with Gasteiger partial charge in [-0.2, -0.15) is 5.06 Å². The highest BCUT2D eigenvalue weighted by Crippen LogP contribution is 2.41. The highest BCUT2D eigenvalue weighted by Gasteiger charge is 2.45. The first kappa shape index (κ1) is 25.9. The topological polar surface area (TPSA) is 42.0 Å². The summed E-state index contributed by atoms with van der Waals surface area (Å²) in [6, 6.07) is 10.1. The number of rotatable bonds is 6. The first-order valence-corrected chi connectivity index (χ1v) is 12.5. The normalized spacial score (nSPS) is 25.6. The second kappa shape index (κ2) is 9.52. The molecule has 1 aromatic rings. The Labute approximate surface area is 201 Å². The fraction of sp³-hybridized carbons (Fsp3) is 0.679. The van der Waals surface area contributed by atoms with Crippen LogP contribution < -0.4 is 0 Å². The lowest BCUT2D eigenvalue weighted by Crippen LogP contribution is -2.58. The van der Waals surface area contributed by atoms with Gasteiger partial charge >= 0.3 is 5.97 Å². The van der Waals surface area contributed by atoms with Crippen molar-refractivity contribution in [2.45, 2.75) is 122 Å². The van der Waals surface area contributed by atoms with E-state index in [0.29, 0.717) is 0 Å². The van der Waals surface area contributed by atoms with Crippen LogP contribution in [0.3, 0.4) is 0 Å². The average molecular weight is 457 g/mol. The molecule has 2 heterocycles. The number of hydroxylamine groups is 4. The molecule has 33 heavy (non-hydrogen) atoms. The first-order chi connectivity index (χ1) is 15.2. The molecule has 0 spiro atoms. The third kappa shape index (κ3) is 6.06. The molecular weight excluding hydrogens is 412 g/mol. The molecule has 5 heteroatoms. The van der Waals surface area contributed by atoms with Crippen LogP contribution in [-0.2, 0) is 14.5 Å². The van der Waals surface area contributed by atoms with Crippen molar-refractivity contribution in [2.75, 3.05) is 0 Å². The summed E-state index contributed by atoms with van der Waals surface area (Å²) in [5.41, 5.74) is 0.443. The molecule has 1 aromatic carbocycles. The number of hydrogen-bond donors (Lipinski definition) is 0. The minimum Gasteiger partial charge on any atom is -0.363 e. The summed E-state index contributed by atoms with van der Waals surface area (Å²) < 4.78 is 0. The molecule has 0 radical (unpaired) electrons. The minimum absolute atomic E-state index is 0.0923. The summed E-state index contributed by atoms with van der Waals surface area (Å²) in [6.45, 7) is 17.5. The van der Waals surface area contributed by atoms with Gasteiger partial charge in [0.2, 0.25) is 0 Å². The van der Waals surface area contributed by atoms with E-state index < -0.39 is 0 Å². The SMILES string of the molecule is CC1(C)CCCC(C)(C)N1OC(=O)/C=C\C(ON1C(C)(C)CCCC1(C)C)c1ccccc1. The number of piperidine rings is 2. The van der Waals surface area contributed by atoms with Gasteiger partial charge in [0.15, 0.2) is 0 Å². The van der Waals surface area contributed by atoms with E-state index in [1.807, 2.05) is 41.5 Å². The van der Waals surface area contributed by atoms with E-state index in [-0.39, 0.29) is 34.2 Å². The van der Waals surface area contributed by atoms with Gasteiger partial charge in [-0.3, -0.25) is 4.84 Å². The summed E-state index contributed by atoms with van der Waals surface area (Å²) >= 11 is 0. The van der Waals surface area contributed by atoms with Crippen molar-refractivity contribution in [3.63, 3.8) is 0 Å². The summed E-state index contributed by atoms with van der Waals surface area (Å²) in [4.78, 5) is 25.5. The maximum absolute atomic E-state index is 12.9. The van der Waals surface area contributed by atoms with Crippen molar-refractivity contribution in [1.29, 1.82) is 0 Å². The molecular formula is C28H44N2O3. The predicted molar refractivity (Wildman–Crippen MR) is 133 cm³/mol. The van der Waals surface area contributed by atoms with Crippen LogP contribution in [-0.4, -0.2) is 38.3 Å². The average Bonchev–Trinajstić information content (AvgIpc) is 2.69. The summed E-state index contributed by atoms with van der Waals surface area (Å²) in [7, 11) is 0. The van der Waals surface area contributed by atoms with Crippen molar-refractivity contribution in [1.82, 2.24) is 10.1 Å². The molecule has 5 nitrogen and oxygen atoms in total. The van der Waals surface area contributed by atoms with E-state index >= 15 is 0 Å². The van der Waals surface area contributed by atoms with Gasteiger partial charge in [-0.05, 0) is 106 Å². The highest BCUT2D eigenvalue weighted by molar-refractivity contribution is 5.81. The molecule has 184 valence electrons. The Kier molecular flexibility index (Phi) is 7.48. The van der Waals surface area contributed by atoms with E-state index in [4.69, 9.17) is 9.68 Å². The molecule has 0 bridgehead atoms. The largest absolute Gasteiger partial charge is 0.363 e. The van der Waals surface area contributed by atoms with E-state index in [0.717, 1.165) is 37.7 Å². The van der Waals surface area contributed by atoms with Gasteiger partial charge in [0.25, 0.3) is 0 Å². The van der Waals surface area contributed by atoms with Crippen LogP contribution in [0.4, 0.5) is 0 Å². The minimum atomic E-state index is -0.377. The molecule has 0 aromatic heterocycles. The Morgan fingerprint density at radius 1 is 0.788 bits per heavy atom. The second-order valence-corrected chi connectivity index (χ2v) is 12.3. The molecule has 2 aliphatic rings. The van der Waals surface area contributed by atoms with Crippen LogP contribution in [0.5, 0.6) is 0 Å². The lowest BCUT2D eigenvalue weighted by Gasteiger charge is -2.52. The van der Waals surface area contributed by atoms with Gasteiger partial charge in [-0.15, -0.1) is 5.06 Å². The first-order valence-electron chi connectivity index (χ1n) is 12.5. The van der Waals surface area contributed by atoms with Crippen LogP contribution in [0.1, 0.15) is 106 Å². The Hall–Kier alpha value is -1.69. The lowest BCUT2D eigenvalue weighted by atomic mass is 9.82. The number of nitrogens with zero attached hydrogens (tertiary/aromatic N) is 2. The van der Waals surface area contributed by atoms with Crippen LogP contribution in [0.2, 0.25) is 0 Å². The van der Waals surface area contributed by atoms with Gasteiger partial charge in [-0.1, -0.05) is 30.3 Å². The molecule has 1 unspecified atom stereocenters. The molecule has 2 aliphatic heterocycles. The molecule has 3 rings (SSSR count). The quantitative estimate of drug-likeness (QED) is 0.442. The lowest BCUT2D eigenvalue weighted by molar-refractivity contribution is -0.298. The van der Waals surface area contributed by atoms with Crippen LogP contribution in [0.25, 0.3) is 0 Å². The van der Waals surface area contributed by atoms with E-state index in [9.17, 15) is 4.79 Å². The van der Waals surface area contributed by atoms with E-state index in [2.05, 4.69) is 60.5 Å². The molecule has 1 atom stereocenters.